The minimum Gasteiger partial charge on any atom is -0.349 e. The van der Waals surface area contributed by atoms with Gasteiger partial charge >= 0.3 is 0 Å². The molecule has 0 saturated carbocycles. The van der Waals surface area contributed by atoms with E-state index in [0.29, 0.717) is 13.2 Å². The van der Waals surface area contributed by atoms with Crippen LogP contribution in [0.25, 0.3) is 0 Å². The van der Waals surface area contributed by atoms with Crippen molar-refractivity contribution in [2.24, 2.45) is 0 Å². The van der Waals surface area contributed by atoms with Crippen LogP contribution < -0.4 is 5.32 Å². The van der Waals surface area contributed by atoms with Crippen molar-refractivity contribution in [3.05, 3.63) is 70.5 Å². The Balaban J connectivity index is 1.82. The Labute approximate surface area is 159 Å². The van der Waals surface area contributed by atoms with E-state index >= 15 is 0 Å². The van der Waals surface area contributed by atoms with E-state index < -0.39 is 42.4 Å². The Bertz CT molecular complexity index is 758. The van der Waals surface area contributed by atoms with Gasteiger partial charge in [0.15, 0.2) is 6.29 Å². The maximum absolute atomic E-state index is 13.2. The monoisotopic (exact) mass is 401 g/mol. The van der Waals surface area contributed by atoms with Crippen LogP contribution in [0, 0.1) is 5.82 Å². The van der Waals surface area contributed by atoms with Gasteiger partial charge in [0.2, 0.25) is 0 Å². The summed E-state index contributed by atoms with van der Waals surface area (Å²) in [7, 11) is 0. The Morgan fingerprint density at radius 3 is 2.11 bits per heavy atom. The number of nitrogens with one attached hydrogen (secondary N) is 1. The fourth-order valence-electron chi connectivity index (χ4n) is 3.11. The Morgan fingerprint density at radius 2 is 1.54 bits per heavy atom. The van der Waals surface area contributed by atoms with E-state index in [2.05, 4.69) is 5.32 Å². The molecule has 1 fully saturated rings. The zero-order chi connectivity index (χ0) is 20.3. The van der Waals surface area contributed by atoms with Crippen LogP contribution in [-0.2, 0) is 9.47 Å². The maximum atomic E-state index is 13.2. The molecule has 0 bridgehead atoms. The summed E-state index contributed by atoms with van der Waals surface area (Å²) in [5, 5.41) is 3.21. The third kappa shape index (κ3) is 4.87. The number of morpholine rings is 1. The molecule has 0 radical (unpaired) electrons. The minimum absolute atomic E-state index is 0.208. The first kappa shape index (κ1) is 20.7. The van der Waals surface area contributed by atoms with Crippen LogP contribution in [0.15, 0.2) is 42.5 Å². The second-order valence-corrected chi connectivity index (χ2v) is 6.54. The molecule has 1 aliphatic rings. The number of alkyl halides is 4. The second-order valence-electron chi connectivity index (χ2n) is 6.54. The SMILES string of the molecule is C[C@@H](O[C@@H]1OCCN[C@H]1c1ccc(F)cc1)c1cc(C(F)F)cc(C(F)F)c1. The average molecular weight is 401 g/mol. The van der Waals surface area contributed by atoms with Gasteiger partial charge in [-0.3, -0.25) is 0 Å². The zero-order valence-corrected chi connectivity index (χ0v) is 15.0. The molecule has 1 saturated heterocycles. The van der Waals surface area contributed by atoms with Gasteiger partial charge in [-0.25, -0.2) is 22.0 Å². The highest BCUT2D eigenvalue weighted by Crippen LogP contribution is 2.33. The summed E-state index contributed by atoms with van der Waals surface area (Å²) in [6, 6.07) is 8.51. The van der Waals surface area contributed by atoms with Crippen LogP contribution in [0.3, 0.4) is 0 Å². The van der Waals surface area contributed by atoms with E-state index in [-0.39, 0.29) is 11.4 Å². The normalized spacial score (nSPS) is 21.3. The molecule has 3 atom stereocenters. The third-order valence-electron chi connectivity index (χ3n) is 4.56. The fourth-order valence-corrected chi connectivity index (χ4v) is 3.11. The van der Waals surface area contributed by atoms with Crippen molar-refractivity contribution in [2.45, 2.75) is 38.2 Å². The van der Waals surface area contributed by atoms with Gasteiger partial charge in [-0.05, 0) is 48.4 Å². The summed E-state index contributed by atoms with van der Waals surface area (Å²) in [5.41, 5.74) is -0.0323. The summed E-state index contributed by atoms with van der Waals surface area (Å²) in [6.07, 6.45) is -7.31. The number of ether oxygens (including phenoxy) is 2. The van der Waals surface area contributed by atoms with Crippen LogP contribution in [0.2, 0.25) is 0 Å². The summed E-state index contributed by atoms with van der Waals surface area (Å²) in [6.45, 7) is 2.49. The van der Waals surface area contributed by atoms with Crippen LogP contribution >= 0.6 is 0 Å². The van der Waals surface area contributed by atoms with Gasteiger partial charge in [0.05, 0.1) is 18.8 Å². The summed E-state index contributed by atoms with van der Waals surface area (Å²) >= 11 is 0. The van der Waals surface area contributed by atoms with E-state index in [4.69, 9.17) is 9.47 Å². The molecule has 3 rings (SSSR count). The number of benzene rings is 2. The van der Waals surface area contributed by atoms with Gasteiger partial charge in [-0.1, -0.05) is 12.1 Å². The first-order chi connectivity index (χ1) is 13.3. The van der Waals surface area contributed by atoms with E-state index in [9.17, 15) is 22.0 Å². The molecule has 3 nitrogen and oxygen atoms in total. The van der Waals surface area contributed by atoms with E-state index in [1.807, 2.05) is 0 Å². The number of hydrogen-bond donors (Lipinski definition) is 1. The first-order valence-corrected chi connectivity index (χ1v) is 8.82. The molecule has 0 amide bonds. The van der Waals surface area contributed by atoms with Crippen molar-refractivity contribution >= 4 is 0 Å². The van der Waals surface area contributed by atoms with Gasteiger partial charge in [0, 0.05) is 17.7 Å². The lowest BCUT2D eigenvalue weighted by molar-refractivity contribution is -0.200. The van der Waals surface area contributed by atoms with E-state index in [1.54, 1.807) is 19.1 Å². The Hall–Kier alpha value is -2.03. The lowest BCUT2D eigenvalue weighted by Crippen LogP contribution is -2.43. The number of hydrogen-bond acceptors (Lipinski definition) is 3. The smallest absolute Gasteiger partial charge is 0.263 e. The molecular weight excluding hydrogens is 381 g/mol. The molecule has 28 heavy (non-hydrogen) atoms. The molecule has 1 heterocycles. The predicted molar refractivity (Wildman–Crippen MR) is 92.7 cm³/mol. The third-order valence-corrected chi connectivity index (χ3v) is 4.56. The number of rotatable bonds is 6. The standard InChI is InChI=1S/C20H20F5NO2/c1-11(13-8-14(18(22)23)10-15(9-13)19(24)25)28-20-17(26-6-7-27-20)12-2-4-16(21)5-3-12/h2-5,8-11,17-20,26H,6-7H2,1H3/t11-,17+,20+/m1/s1. The second kappa shape index (κ2) is 8.98. The lowest BCUT2D eigenvalue weighted by atomic mass is 10.0. The molecule has 0 spiro atoms. The van der Waals surface area contributed by atoms with Gasteiger partial charge in [-0.2, -0.15) is 0 Å². The molecule has 0 unspecified atom stereocenters. The molecule has 0 aromatic heterocycles. The summed E-state index contributed by atoms with van der Waals surface area (Å²) in [5.74, 6) is -0.380. The molecule has 1 N–H and O–H groups in total. The first-order valence-electron chi connectivity index (χ1n) is 8.82. The van der Waals surface area contributed by atoms with Crippen molar-refractivity contribution < 1.29 is 31.4 Å². The van der Waals surface area contributed by atoms with Gasteiger partial charge < -0.3 is 14.8 Å². The van der Waals surface area contributed by atoms with Crippen LogP contribution in [0.1, 0.15) is 54.2 Å². The molecule has 0 aliphatic carbocycles. The molecule has 152 valence electrons. The Kier molecular flexibility index (Phi) is 6.64. The quantitative estimate of drug-likeness (QED) is 0.652. The largest absolute Gasteiger partial charge is 0.349 e. The van der Waals surface area contributed by atoms with Crippen LogP contribution in [-0.4, -0.2) is 19.4 Å². The van der Waals surface area contributed by atoms with Crippen molar-refractivity contribution in [2.75, 3.05) is 13.2 Å². The number of halogens is 5. The lowest BCUT2D eigenvalue weighted by Gasteiger charge is -2.34. The molecular formula is C20H20F5NO2. The highest BCUT2D eigenvalue weighted by atomic mass is 19.3. The van der Waals surface area contributed by atoms with Gasteiger partial charge in [-0.15, -0.1) is 0 Å². The van der Waals surface area contributed by atoms with Gasteiger partial charge in [0.1, 0.15) is 5.82 Å². The Morgan fingerprint density at radius 1 is 0.964 bits per heavy atom. The average Bonchev–Trinajstić information content (AvgIpc) is 2.68. The van der Waals surface area contributed by atoms with Crippen molar-refractivity contribution in [1.82, 2.24) is 5.32 Å². The fraction of sp³-hybridized carbons (Fsp3) is 0.400. The summed E-state index contributed by atoms with van der Waals surface area (Å²) in [4.78, 5) is 0. The highest BCUT2D eigenvalue weighted by Gasteiger charge is 2.30. The summed E-state index contributed by atoms with van der Waals surface area (Å²) < 4.78 is 77.0. The van der Waals surface area contributed by atoms with Gasteiger partial charge in [0.25, 0.3) is 12.9 Å². The molecule has 2 aromatic rings. The molecule has 2 aromatic carbocycles. The van der Waals surface area contributed by atoms with E-state index in [0.717, 1.165) is 23.8 Å². The topological polar surface area (TPSA) is 30.5 Å². The minimum atomic E-state index is -2.87. The van der Waals surface area contributed by atoms with E-state index in [1.165, 1.54) is 12.1 Å². The predicted octanol–water partition coefficient (Wildman–Crippen LogP) is 5.47. The highest BCUT2D eigenvalue weighted by molar-refractivity contribution is 5.33. The maximum Gasteiger partial charge on any atom is 0.263 e. The molecule has 8 heteroatoms. The molecule has 1 aliphatic heterocycles. The van der Waals surface area contributed by atoms with Crippen LogP contribution in [0.5, 0.6) is 0 Å². The van der Waals surface area contributed by atoms with Crippen LogP contribution in [0.4, 0.5) is 22.0 Å². The zero-order valence-electron chi connectivity index (χ0n) is 15.0. The van der Waals surface area contributed by atoms with Crippen molar-refractivity contribution in [3.8, 4) is 0 Å². The van der Waals surface area contributed by atoms with Crippen molar-refractivity contribution in [1.29, 1.82) is 0 Å². The van der Waals surface area contributed by atoms with Crippen molar-refractivity contribution in [3.63, 3.8) is 0 Å².